The summed E-state index contributed by atoms with van der Waals surface area (Å²) in [7, 11) is 1.80. The van der Waals surface area contributed by atoms with Crippen molar-refractivity contribution < 1.29 is 9.21 Å². The zero-order chi connectivity index (χ0) is 11.5. The third-order valence-corrected chi connectivity index (χ3v) is 2.37. The molecule has 16 heavy (non-hydrogen) atoms. The molecule has 2 rings (SSSR count). The van der Waals surface area contributed by atoms with Gasteiger partial charge in [-0.05, 0) is 13.0 Å². The monoisotopic (exact) mass is 219 g/mol. The van der Waals surface area contributed by atoms with Gasteiger partial charge in [0.15, 0.2) is 0 Å². The highest BCUT2D eigenvalue weighted by Gasteiger charge is 2.13. The van der Waals surface area contributed by atoms with E-state index in [4.69, 9.17) is 4.42 Å². The summed E-state index contributed by atoms with van der Waals surface area (Å²) < 4.78 is 6.62. The van der Waals surface area contributed by atoms with Crippen LogP contribution in [-0.4, -0.2) is 15.5 Å². The average Bonchev–Trinajstić information content (AvgIpc) is 2.86. The summed E-state index contributed by atoms with van der Waals surface area (Å²) in [5.74, 6) is -0.126. The Labute approximate surface area is 93.1 Å². The summed E-state index contributed by atoms with van der Waals surface area (Å²) in [4.78, 5) is 15.9. The fourth-order valence-electron chi connectivity index (χ4n) is 1.53. The van der Waals surface area contributed by atoms with Gasteiger partial charge < -0.3 is 14.3 Å². The van der Waals surface area contributed by atoms with Crippen LogP contribution in [0.1, 0.15) is 21.7 Å². The molecule has 0 aliphatic rings. The van der Waals surface area contributed by atoms with Crippen molar-refractivity contribution >= 4 is 5.91 Å². The summed E-state index contributed by atoms with van der Waals surface area (Å²) in [6, 6.07) is 1.82. The number of nitrogens with zero attached hydrogens (tertiary/aromatic N) is 2. The molecule has 0 spiro atoms. The Morgan fingerprint density at radius 3 is 3.00 bits per heavy atom. The molecule has 0 atom stereocenters. The van der Waals surface area contributed by atoms with E-state index in [0.29, 0.717) is 12.2 Å². The third-order valence-electron chi connectivity index (χ3n) is 2.37. The lowest BCUT2D eigenvalue weighted by Crippen LogP contribution is -2.25. The average molecular weight is 219 g/mol. The van der Waals surface area contributed by atoms with Gasteiger partial charge in [0.25, 0.3) is 5.91 Å². The highest BCUT2D eigenvalue weighted by Crippen LogP contribution is 2.05. The molecule has 0 saturated carbocycles. The van der Waals surface area contributed by atoms with E-state index >= 15 is 0 Å². The lowest BCUT2D eigenvalue weighted by molar-refractivity contribution is 0.0942. The van der Waals surface area contributed by atoms with Gasteiger partial charge in [-0.2, -0.15) is 0 Å². The van der Waals surface area contributed by atoms with Crippen LogP contribution in [0.3, 0.4) is 0 Å². The topological polar surface area (TPSA) is 60.1 Å². The normalized spacial score (nSPS) is 10.4. The number of furan rings is 1. The lowest BCUT2D eigenvalue weighted by Gasteiger charge is -2.04. The van der Waals surface area contributed by atoms with Crippen molar-refractivity contribution in [2.24, 2.45) is 7.05 Å². The van der Waals surface area contributed by atoms with Crippen molar-refractivity contribution in [3.8, 4) is 0 Å². The zero-order valence-corrected chi connectivity index (χ0v) is 9.23. The Bertz CT molecular complexity index is 466. The maximum Gasteiger partial charge on any atom is 0.270 e. The van der Waals surface area contributed by atoms with Gasteiger partial charge in [-0.25, -0.2) is 4.98 Å². The molecule has 0 aliphatic carbocycles. The Balaban J connectivity index is 2.04. The second-order valence-electron chi connectivity index (χ2n) is 3.60. The largest absolute Gasteiger partial charge is 0.472 e. The molecule has 2 aromatic heterocycles. The molecular weight excluding hydrogens is 206 g/mol. The molecule has 84 valence electrons. The van der Waals surface area contributed by atoms with Crippen LogP contribution in [0.15, 0.2) is 29.3 Å². The standard InChI is InChI=1S/C11H13N3O2/c1-8-10(14(2)7-13-8)11(15)12-5-9-3-4-16-6-9/h3-4,6-7H,5H2,1-2H3,(H,12,15). The number of carbonyl (C=O) groups is 1. The van der Waals surface area contributed by atoms with Crippen LogP contribution < -0.4 is 5.32 Å². The van der Waals surface area contributed by atoms with Gasteiger partial charge in [0.05, 0.1) is 24.5 Å². The number of hydrogen-bond donors (Lipinski definition) is 1. The minimum Gasteiger partial charge on any atom is -0.472 e. The first-order valence-corrected chi connectivity index (χ1v) is 4.95. The van der Waals surface area contributed by atoms with Crippen LogP contribution in [0.2, 0.25) is 0 Å². The van der Waals surface area contributed by atoms with Crippen molar-refractivity contribution in [2.45, 2.75) is 13.5 Å². The van der Waals surface area contributed by atoms with Crippen molar-refractivity contribution in [3.05, 3.63) is 41.9 Å². The summed E-state index contributed by atoms with van der Waals surface area (Å²) in [5, 5.41) is 2.81. The van der Waals surface area contributed by atoms with E-state index < -0.39 is 0 Å². The Kier molecular flexibility index (Phi) is 2.76. The summed E-state index contributed by atoms with van der Waals surface area (Å²) in [6.07, 6.45) is 4.81. The second kappa shape index (κ2) is 4.22. The van der Waals surface area contributed by atoms with Crippen LogP contribution in [0.5, 0.6) is 0 Å². The van der Waals surface area contributed by atoms with Crippen LogP contribution >= 0.6 is 0 Å². The van der Waals surface area contributed by atoms with Gasteiger partial charge in [0.1, 0.15) is 5.69 Å². The Hall–Kier alpha value is -2.04. The van der Waals surface area contributed by atoms with Crippen molar-refractivity contribution in [2.75, 3.05) is 0 Å². The number of carbonyl (C=O) groups excluding carboxylic acids is 1. The number of aromatic nitrogens is 2. The van der Waals surface area contributed by atoms with Gasteiger partial charge >= 0.3 is 0 Å². The predicted molar refractivity (Wildman–Crippen MR) is 57.8 cm³/mol. The van der Waals surface area contributed by atoms with Gasteiger partial charge in [0.2, 0.25) is 0 Å². The third kappa shape index (κ3) is 1.98. The summed E-state index contributed by atoms with van der Waals surface area (Å²) >= 11 is 0. The molecule has 1 N–H and O–H groups in total. The maximum atomic E-state index is 11.8. The van der Waals surface area contributed by atoms with E-state index in [1.165, 1.54) is 0 Å². The van der Waals surface area contributed by atoms with E-state index in [1.807, 2.05) is 13.0 Å². The predicted octanol–water partition coefficient (Wildman–Crippen LogP) is 1.25. The Morgan fingerprint density at radius 1 is 1.62 bits per heavy atom. The fourth-order valence-corrected chi connectivity index (χ4v) is 1.53. The maximum absolute atomic E-state index is 11.8. The second-order valence-corrected chi connectivity index (χ2v) is 3.60. The minimum atomic E-state index is -0.126. The van der Waals surface area contributed by atoms with E-state index in [1.54, 1.807) is 30.5 Å². The number of nitrogens with one attached hydrogen (secondary N) is 1. The Morgan fingerprint density at radius 2 is 2.44 bits per heavy atom. The first kappa shape index (κ1) is 10.5. The van der Waals surface area contributed by atoms with E-state index in [-0.39, 0.29) is 5.91 Å². The molecule has 2 heterocycles. The molecule has 0 saturated heterocycles. The van der Waals surface area contributed by atoms with Crippen molar-refractivity contribution in [1.82, 2.24) is 14.9 Å². The number of amides is 1. The lowest BCUT2D eigenvalue weighted by atomic mass is 10.3. The van der Waals surface area contributed by atoms with Crippen molar-refractivity contribution in [3.63, 3.8) is 0 Å². The molecular formula is C11H13N3O2. The number of hydrogen-bond acceptors (Lipinski definition) is 3. The highest BCUT2D eigenvalue weighted by molar-refractivity contribution is 5.93. The summed E-state index contributed by atoms with van der Waals surface area (Å²) in [5.41, 5.74) is 2.25. The van der Waals surface area contributed by atoms with Crippen LogP contribution in [0.25, 0.3) is 0 Å². The highest BCUT2D eigenvalue weighted by atomic mass is 16.3. The molecule has 1 amide bonds. The van der Waals surface area contributed by atoms with Crippen molar-refractivity contribution in [1.29, 1.82) is 0 Å². The zero-order valence-electron chi connectivity index (χ0n) is 9.23. The summed E-state index contributed by atoms with van der Waals surface area (Å²) in [6.45, 7) is 2.27. The molecule has 0 radical (unpaired) electrons. The van der Waals surface area contributed by atoms with Crippen LogP contribution in [0, 0.1) is 6.92 Å². The first-order valence-electron chi connectivity index (χ1n) is 4.95. The first-order chi connectivity index (χ1) is 7.68. The molecule has 0 bridgehead atoms. The van der Waals surface area contributed by atoms with Crippen LogP contribution in [-0.2, 0) is 13.6 Å². The van der Waals surface area contributed by atoms with Gasteiger partial charge in [-0.15, -0.1) is 0 Å². The van der Waals surface area contributed by atoms with E-state index in [2.05, 4.69) is 10.3 Å². The van der Waals surface area contributed by atoms with Gasteiger partial charge in [-0.1, -0.05) is 0 Å². The SMILES string of the molecule is Cc1ncn(C)c1C(=O)NCc1ccoc1. The quantitative estimate of drug-likeness (QED) is 0.845. The molecule has 5 heteroatoms. The molecule has 0 fully saturated rings. The molecule has 2 aromatic rings. The number of rotatable bonds is 3. The molecule has 0 aromatic carbocycles. The van der Waals surface area contributed by atoms with E-state index in [0.717, 1.165) is 11.3 Å². The van der Waals surface area contributed by atoms with Gasteiger partial charge in [0, 0.05) is 19.2 Å². The molecule has 0 aliphatic heterocycles. The fraction of sp³-hybridized carbons (Fsp3) is 0.273. The molecule has 5 nitrogen and oxygen atoms in total. The number of imidazole rings is 1. The minimum absolute atomic E-state index is 0.126. The smallest absolute Gasteiger partial charge is 0.270 e. The number of aryl methyl sites for hydroxylation is 2. The molecule has 0 unspecified atom stereocenters. The van der Waals surface area contributed by atoms with Gasteiger partial charge in [-0.3, -0.25) is 4.79 Å². The van der Waals surface area contributed by atoms with E-state index in [9.17, 15) is 4.79 Å². The van der Waals surface area contributed by atoms with Crippen LogP contribution in [0.4, 0.5) is 0 Å².